The van der Waals surface area contributed by atoms with Gasteiger partial charge in [-0.15, -0.1) is 0 Å². The van der Waals surface area contributed by atoms with Gasteiger partial charge in [0, 0.05) is 31.2 Å². The van der Waals surface area contributed by atoms with Crippen LogP contribution in [0.15, 0.2) is 18.5 Å². The van der Waals surface area contributed by atoms with E-state index in [1.54, 1.807) is 12.4 Å². The summed E-state index contributed by atoms with van der Waals surface area (Å²) in [5.41, 5.74) is 1.43. The fourth-order valence-corrected chi connectivity index (χ4v) is 2.14. The average molecular weight is 263 g/mol. The number of unbranched alkanes of at least 4 members (excludes halogenated alkanes) is 1. The van der Waals surface area contributed by atoms with Crippen LogP contribution >= 0.6 is 0 Å². The molecule has 106 valence electrons. The fourth-order valence-electron chi connectivity index (χ4n) is 2.14. The lowest BCUT2D eigenvalue weighted by atomic mass is 10.0. The SMILES string of the molecule is CCCCC(CCC)NC(=O)c1cnccc1NC. The average Bonchev–Trinajstić information content (AvgIpc) is 2.44. The van der Waals surface area contributed by atoms with Gasteiger partial charge in [-0.3, -0.25) is 9.78 Å². The van der Waals surface area contributed by atoms with E-state index >= 15 is 0 Å². The minimum Gasteiger partial charge on any atom is -0.387 e. The van der Waals surface area contributed by atoms with Crippen molar-refractivity contribution in [2.45, 2.75) is 52.0 Å². The third-order valence-electron chi connectivity index (χ3n) is 3.21. The molecule has 0 aliphatic carbocycles. The van der Waals surface area contributed by atoms with Crippen molar-refractivity contribution in [3.8, 4) is 0 Å². The van der Waals surface area contributed by atoms with E-state index in [9.17, 15) is 4.79 Å². The van der Waals surface area contributed by atoms with Crippen molar-refractivity contribution in [3.63, 3.8) is 0 Å². The number of pyridine rings is 1. The molecular formula is C15H25N3O. The molecule has 0 aliphatic heterocycles. The molecule has 0 bridgehead atoms. The summed E-state index contributed by atoms with van der Waals surface area (Å²) in [4.78, 5) is 16.3. The van der Waals surface area contributed by atoms with E-state index in [0.29, 0.717) is 5.56 Å². The predicted molar refractivity (Wildman–Crippen MR) is 79.5 cm³/mol. The molecule has 0 saturated heterocycles. The Morgan fingerprint density at radius 3 is 2.74 bits per heavy atom. The van der Waals surface area contributed by atoms with Gasteiger partial charge in [-0.2, -0.15) is 0 Å². The zero-order valence-electron chi connectivity index (χ0n) is 12.2. The molecular weight excluding hydrogens is 238 g/mol. The smallest absolute Gasteiger partial charge is 0.255 e. The summed E-state index contributed by atoms with van der Waals surface area (Å²) < 4.78 is 0. The van der Waals surface area contributed by atoms with E-state index in [0.717, 1.165) is 37.8 Å². The van der Waals surface area contributed by atoms with Gasteiger partial charge >= 0.3 is 0 Å². The third kappa shape index (κ3) is 4.89. The number of carbonyl (C=O) groups is 1. The summed E-state index contributed by atoms with van der Waals surface area (Å²) in [6, 6.07) is 2.08. The summed E-state index contributed by atoms with van der Waals surface area (Å²) in [6.07, 6.45) is 8.77. The van der Waals surface area contributed by atoms with Crippen LogP contribution in [0.3, 0.4) is 0 Å². The first-order valence-corrected chi connectivity index (χ1v) is 7.15. The van der Waals surface area contributed by atoms with Crippen molar-refractivity contribution in [2.75, 3.05) is 12.4 Å². The summed E-state index contributed by atoms with van der Waals surface area (Å²) in [5, 5.41) is 6.15. The lowest BCUT2D eigenvalue weighted by molar-refractivity contribution is 0.0932. The molecule has 0 aromatic carbocycles. The zero-order valence-corrected chi connectivity index (χ0v) is 12.2. The third-order valence-corrected chi connectivity index (χ3v) is 3.21. The van der Waals surface area contributed by atoms with Crippen LogP contribution in [0.1, 0.15) is 56.3 Å². The van der Waals surface area contributed by atoms with Gasteiger partial charge in [-0.1, -0.05) is 33.1 Å². The number of nitrogens with zero attached hydrogens (tertiary/aromatic N) is 1. The maximum absolute atomic E-state index is 12.3. The quantitative estimate of drug-likeness (QED) is 0.757. The molecule has 1 atom stereocenters. The van der Waals surface area contributed by atoms with E-state index < -0.39 is 0 Å². The first-order chi connectivity index (χ1) is 9.22. The second kappa shape index (κ2) is 8.51. The highest BCUT2D eigenvalue weighted by Crippen LogP contribution is 2.14. The van der Waals surface area contributed by atoms with E-state index in [1.165, 1.54) is 0 Å². The first-order valence-electron chi connectivity index (χ1n) is 7.15. The van der Waals surface area contributed by atoms with Crippen molar-refractivity contribution in [2.24, 2.45) is 0 Å². The van der Waals surface area contributed by atoms with E-state index in [4.69, 9.17) is 0 Å². The molecule has 1 aromatic rings. The van der Waals surface area contributed by atoms with Gasteiger partial charge < -0.3 is 10.6 Å². The van der Waals surface area contributed by atoms with Crippen LogP contribution in [-0.4, -0.2) is 24.0 Å². The Morgan fingerprint density at radius 2 is 2.11 bits per heavy atom. The van der Waals surface area contributed by atoms with Crippen LogP contribution < -0.4 is 10.6 Å². The van der Waals surface area contributed by atoms with Gasteiger partial charge in [0.2, 0.25) is 0 Å². The van der Waals surface area contributed by atoms with Gasteiger partial charge in [-0.25, -0.2) is 0 Å². The Balaban J connectivity index is 2.69. The summed E-state index contributed by atoms with van der Waals surface area (Å²) >= 11 is 0. The van der Waals surface area contributed by atoms with Crippen LogP contribution in [0.2, 0.25) is 0 Å². The molecule has 0 fully saturated rings. The zero-order chi connectivity index (χ0) is 14.1. The van der Waals surface area contributed by atoms with Gasteiger partial charge in [0.15, 0.2) is 0 Å². The highest BCUT2D eigenvalue weighted by Gasteiger charge is 2.15. The first kappa shape index (κ1) is 15.5. The van der Waals surface area contributed by atoms with E-state index in [-0.39, 0.29) is 11.9 Å². The molecule has 0 aliphatic rings. The summed E-state index contributed by atoms with van der Waals surface area (Å²) in [7, 11) is 1.81. The van der Waals surface area contributed by atoms with Crippen LogP contribution in [0, 0.1) is 0 Å². The number of rotatable bonds is 8. The van der Waals surface area contributed by atoms with Gasteiger partial charge in [0.1, 0.15) is 0 Å². The molecule has 1 rings (SSSR count). The van der Waals surface area contributed by atoms with Crippen molar-refractivity contribution in [1.82, 2.24) is 10.3 Å². The number of amides is 1. The Labute approximate surface area is 116 Å². The molecule has 0 radical (unpaired) electrons. The second-order valence-electron chi connectivity index (χ2n) is 4.77. The van der Waals surface area contributed by atoms with Crippen LogP contribution in [0.4, 0.5) is 5.69 Å². The van der Waals surface area contributed by atoms with Crippen molar-refractivity contribution >= 4 is 11.6 Å². The standard InChI is InChI=1S/C15H25N3O/c1-4-6-8-12(7-5-2)18-15(19)13-11-17-10-9-14(13)16-3/h9-12H,4-8H2,1-3H3,(H,16,17)(H,18,19). The molecule has 2 N–H and O–H groups in total. The predicted octanol–water partition coefficient (Wildman–Crippen LogP) is 3.21. The lowest BCUT2D eigenvalue weighted by Crippen LogP contribution is -2.35. The normalized spacial score (nSPS) is 11.9. The minimum atomic E-state index is -0.0352. The maximum Gasteiger partial charge on any atom is 0.255 e. The highest BCUT2D eigenvalue weighted by atomic mass is 16.1. The lowest BCUT2D eigenvalue weighted by Gasteiger charge is -2.18. The minimum absolute atomic E-state index is 0.0352. The fraction of sp³-hybridized carbons (Fsp3) is 0.600. The molecule has 4 nitrogen and oxygen atoms in total. The molecule has 1 unspecified atom stereocenters. The monoisotopic (exact) mass is 263 g/mol. The van der Waals surface area contributed by atoms with Crippen LogP contribution in [0.5, 0.6) is 0 Å². The molecule has 0 spiro atoms. The summed E-state index contributed by atoms with van der Waals surface area (Å²) in [5.74, 6) is -0.0352. The van der Waals surface area contributed by atoms with E-state index in [2.05, 4.69) is 29.5 Å². The highest BCUT2D eigenvalue weighted by molar-refractivity contribution is 5.99. The topological polar surface area (TPSA) is 54.0 Å². The van der Waals surface area contributed by atoms with Crippen molar-refractivity contribution in [3.05, 3.63) is 24.0 Å². The Morgan fingerprint density at radius 1 is 1.32 bits per heavy atom. The Kier molecular flexibility index (Phi) is 6.93. The van der Waals surface area contributed by atoms with Gasteiger partial charge in [-0.05, 0) is 18.9 Å². The number of hydrogen-bond donors (Lipinski definition) is 2. The van der Waals surface area contributed by atoms with E-state index in [1.807, 2.05) is 13.1 Å². The van der Waals surface area contributed by atoms with Crippen LogP contribution in [0.25, 0.3) is 0 Å². The molecule has 4 heteroatoms. The van der Waals surface area contributed by atoms with Crippen LogP contribution in [-0.2, 0) is 0 Å². The maximum atomic E-state index is 12.3. The molecule has 19 heavy (non-hydrogen) atoms. The number of nitrogens with one attached hydrogen (secondary N) is 2. The number of carbonyl (C=O) groups excluding carboxylic acids is 1. The Bertz CT molecular complexity index is 393. The largest absolute Gasteiger partial charge is 0.387 e. The molecule has 1 heterocycles. The molecule has 1 amide bonds. The number of anilines is 1. The van der Waals surface area contributed by atoms with Gasteiger partial charge in [0.05, 0.1) is 5.56 Å². The number of hydrogen-bond acceptors (Lipinski definition) is 3. The van der Waals surface area contributed by atoms with Gasteiger partial charge in [0.25, 0.3) is 5.91 Å². The molecule has 0 saturated carbocycles. The Hall–Kier alpha value is -1.58. The van der Waals surface area contributed by atoms with Crippen molar-refractivity contribution < 1.29 is 4.79 Å². The molecule has 1 aromatic heterocycles. The summed E-state index contributed by atoms with van der Waals surface area (Å²) in [6.45, 7) is 4.32. The second-order valence-corrected chi connectivity index (χ2v) is 4.77. The van der Waals surface area contributed by atoms with Crippen molar-refractivity contribution in [1.29, 1.82) is 0 Å². The number of aromatic nitrogens is 1.